The van der Waals surface area contributed by atoms with E-state index in [1.165, 1.54) is 6.08 Å². The van der Waals surface area contributed by atoms with Crippen molar-refractivity contribution in [1.82, 2.24) is 10.6 Å². The molecule has 2 aliphatic rings. The number of carbonyl (C=O) groups is 5. The molecular weight excluding hydrogens is 446 g/mol. The molecule has 2 amide bonds. The van der Waals surface area contributed by atoms with E-state index in [0.29, 0.717) is 22.9 Å². The number of amides is 2. The number of rotatable bonds is 9. The standard InChI is InChI=1S/C16H17BCl2N2O9/c18-8-1-2-10(19)9(3-8)14(27)20-6-11(22)21-7-17-29-15(28)16(30-17,4-12(23)24)5-13(25)26/h3H,1-2,4-7H2,(H,20,27)(H,21,22)(H,23,24)(H,25,26). The Morgan fingerprint density at radius 2 is 1.73 bits per heavy atom. The van der Waals surface area contributed by atoms with E-state index in [2.05, 4.69) is 10.6 Å². The molecule has 1 aliphatic carbocycles. The van der Waals surface area contributed by atoms with E-state index in [4.69, 9.17) is 42.7 Å². The van der Waals surface area contributed by atoms with E-state index in [-0.39, 0.29) is 12.0 Å². The van der Waals surface area contributed by atoms with Gasteiger partial charge < -0.3 is 30.2 Å². The number of carboxylic acids is 2. The summed E-state index contributed by atoms with van der Waals surface area (Å²) in [5, 5.41) is 23.3. The largest absolute Gasteiger partial charge is 0.548 e. The SMILES string of the molecule is O=C(O)CC1(CC(=O)O)OB(CNC(=O)CNC(=O)C2=C(Cl)CCC(Cl)=C2)OC1=O. The molecule has 14 heteroatoms. The van der Waals surface area contributed by atoms with E-state index < -0.39 is 61.8 Å². The van der Waals surface area contributed by atoms with Crippen molar-refractivity contribution in [3.8, 4) is 0 Å². The average molecular weight is 463 g/mol. The predicted molar refractivity (Wildman–Crippen MR) is 102 cm³/mol. The first-order valence-corrected chi connectivity index (χ1v) is 9.40. The maximum absolute atomic E-state index is 12.1. The Bertz CT molecular complexity index is 827. The van der Waals surface area contributed by atoms with Crippen molar-refractivity contribution < 1.29 is 43.5 Å². The van der Waals surface area contributed by atoms with E-state index in [9.17, 15) is 24.0 Å². The van der Waals surface area contributed by atoms with Crippen molar-refractivity contribution >= 4 is 60.0 Å². The Morgan fingerprint density at radius 3 is 2.33 bits per heavy atom. The molecule has 30 heavy (non-hydrogen) atoms. The van der Waals surface area contributed by atoms with Gasteiger partial charge in [-0.05, 0) is 18.9 Å². The molecule has 0 unspecified atom stereocenters. The van der Waals surface area contributed by atoms with Gasteiger partial charge in [-0.2, -0.15) is 0 Å². The molecule has 0 radical (unpaired) electrons. The normalized spacial score (nSPS) is 17.9. The number of carbonyl (C=O) groups excluding carboxylic acids is 3. The second-order valence-corrected chi connectivity index (χ2v) is 7.43. The fraction of sp³-hybridized carbons (Fsp3) is 0.438. The summed E-state index contributed by atoms with van der Waals surface area (Å²) < 4.78 is 10.0. The molecule has 162 valence electrons. The van der Waals surface area contributed by atoms with Gasteiger partial charge in [0.15, 0.2) is 5.60 Å². The molecule has 0 spiro atoms. The van der Waals surface area contributed by atoms with Gasteiger partial charge in [0.25, 0.3) is 5.91 Å². The first kappa shape index (κ1) is 23.7. The van der Waals surface area contributed by atoms with Crippen LogP contribution >= 0.6 is 23.2 Å². The van der Waals surface area contributed by atoms with Crippen LogP contribution in [0.15, 0.2) is 21.7 Å². The van der Waals surface area contributed by atoms with Crippen LogP contribution in [0.4, 0.5) is 0 Å². The van der Waals surface area contributed by atoms with Gasteiger partial charge in [-0.25, -0.2) is 0 Å². The maximum Gasteiger partial charge on any atom is 0.548 e. The number of allylic oxidation sites excluding steroid dienone is 2. The molecule has 11 nitrogen and oxygen atoms in total. The lowest BCUT2D eigenvalue weighted by Crippen LogP contribution is -2.44. The lowest BCUT2D eigenvalue weighted by molar-refractivity contribution is -0.157. The van der Waals surface area contributed by atoms with Gasteiger partial charge in [-0.1, -0.05) is 23.2 Å². The van der Waals surface area contributed by atoms with Gasteiger partial charge in [0.2, 0.25) is 5.91 Å². The second kappa shape index (κ2) is 9.96. The van der Waals surface area contributed by atoms with Crippen molar-refractivity contribution in [2.75, 3.05) is 13.0 Å². The molecule has 0 aromatic carbocycles. The summed E-state index contributed by atoms with van der Waals surface area (Å²) in [6.07, 6.45) is 0.135. The summed E-state index contributed by atoms with van der Waals surface area (Å²) in [6.45, 7) is -0.436. The zero-order valence-corrected chi connectivity index (χ0v) is 16.9. The highest BCUT2D eigenvalue weighted by atomic mass is 35.5. The van der Waals surface area contributed by atoms with Crippen LogP contribution in [-0.4, -0.2) is 65.6 Å². The van der Waals surface area contributed by atoms with Crippen LogP contribution in [0.1, 0.15) is 25.7 Å². The summed E-state index contributed by atoms with van der Waals surface area (Å²) in [5.74, 6) is -5.32. The molecule has 1 fully saturated rings. The summed E-state index contributed by atoms with van der Waals surface area (Å²) in [6, 6.07) is 0. The average Bonchev–Trinajstić information content (AvgIpc) is 2.93. The van der Waals surface area contributed by atoms with Gasteiger partial charge in [-0.3, -0.25) is 24.0 Å². The Hall–Kier alpha value is -2.57. The number of aliphatic carboxylic acids is 2. The Labute approximate surface area is 180 Å². The third-order valence-corrected chi connectivity index (χ3v) is 4.83. The molecule has 0 aromatic heterocycles. The molecule has 0 bridgehead atoms. The first-order valence-electron chi connectivity index (χ1n) is 8.64. The van der Waals surface area contributed by atoms with Crippen LogP contribution in [0, 0.1) is 0 Å². The zero-order valence-electron chi connectivity index (χ0n) is 15.4. The molecule has 1 heterocycles. The van der Waals surface area contributed by atoms with Gasteiger partial charge in [0.05, 0.1) is 31.4 Å². The fourth-order valence-corrected chi connectivity index (χ4v) is 3.23. The topological polar surface area (TPSA) is 168 Å². The van der Waals surface area contributed by atoms with E-state index in [0.717, 1.165) is 0 Å². The number of carboxylic acid groups (broad SMARTS) is 2. The van der Waals surface area contributed by atoms with Crippen molar-refractivity contribution in [2.24, 2.45) is 0 Å². The van der Waals surface area contributed by atoms with Gasteiger partial charge in [0.1, 0.15) is 0 Å². The summed E-state index contributed by atoms with van der Waals surface area (Å²) in [5.41, 5.74) is -2.03. The number of hydrogen-bond donors (Lipinski definition) is 4. The van der Waals surface area contributed by atoms with E-state index in [1.807, 2.05) is 0 Å². The van der Waals surface area contributed by atoms with Crippen molar-refractivity contribution in [3.05, 3.63) is 21.7 Å². The predicted octanol–water partition coefficient (Wildman–Crippen LogP) is -0.0828. The van der Waals surface area contributed by atoms with Crippen LogP contribution in [0.3, 0.4) is 0 Å². The summed E-state index contributed by atoms with van der Waals surface area (Å²) in [7, 11) is -1.38. The number of hydrogen-bond acceptors (Lipinski definition) is 7. The lowest BCUT2D eigenvalue weighted by Gasteiger charge is -2.20. The molecule has 1 saturated heterocycles. The molecule has 2 rings (SSSR count). The molecule has 0 aromatic rings. The Kier molecular flexibility index (Phi) is 7.87. The minimum absolute atomic E-state index is 0.154. The minimum Gasteiger partial charge on any atom is -0.506 e. The van der Waals surface area contributed by atoms with Gasteiger partial charge in [-0.15, -0.1) is 0 Å². The quantitative estimate of drug-likeness (QED) is 0.342. The summed E-state index contributed by atoms with van der Waals surface area (Å²) >= 11 is 11.9. The third kappa shape index (κ3) is 6.21. The van der Waals surface area contributed by atoms with Crippen LogP contribution in [0.2, 0.25) is 0 Å². The monoisotopic (exact) mass is 462 g/mol. The Balaban J connectivity index is 1.86. The van der Waals surface area contributed by atoms with Crippen molar-refractivity contribution in [2.45, 2.75) is 31.3 Å². The van der Waals surface area contributed by atoms with Crippen LogP contribution < -0.4 is 10.6 Å². The Morgan fingerprint density at radius 1 is 1.10 bits per heavy atom. The number of nitrogens with one attached hydrogen (secondary N) is 2. The molecule has 0 atom stereocenters. The van der Waals surface area contributed by atoms with E-state index in [1.54, 1.807) is 0 Å². The zero-order chi connectivity index (χ0) is 22.5. The summed E-state index contributed by atoms with van der Waals surface area (Å²) in [4.78, 5) is 58.0. The first-order chi connectivity index (χ1) is 14.0. The molecule has 0 saturated carbocycles. The maximum atomic E-state index is 12.1. The highest BCUT2D eigenvalue weighted by Crippen LogP contribution is 2.30. The molecule has 4 N–H and O–H groups in total. The van der Waals surface area contributed by atoms with Crippen molar-refractivity contribution in [1.29, 1.82) is 0 Å². The van der Waals surface area contributed by atoms with Crippen molar-refractivity contribution in [3.63, 3.8) is 0 Å². The highest BCUT2D eigenvalue weighted by Gasteiger charge is 2.55. The number of halogens is 2. The lowest BCUT2D eigenvalue weighted by atomic mass is 9.89. The van der Waals surface area contributed by atoms with E-state index >= 15 is 0 Å². The van der Waals surface area contributed by atoms with Gasteiger partial charge >= 0.3 is 25.0 Å². The minimum atomic E-state index is -2.18. The highest BCUT2D eigenvalue weighted by molar-refractivity contribution is 6.50. The fourth-order valence-electron chi connectivity index (χ4n) is 2.79. The van der Waals surface area contributed by atoms with Crippen LogP contribution in [0.5, 0.6) is 0 Å². The van der Waals surface area contributed by atoms with Crippen LogP contribution in [-0.2, 0) is 33.3 Å². The molecule has 1 aliphatic heterocycles. The smallest absolute Gasteiger partial charge is 0.506 e. The van der Waals surface area contributed by atoms with Gasteiger partial charge in [0, 0.05) is 10.1 Å². The second-order valence-electron chi connectivity index (χ2n) is 6.48. The van der Waals surface area contributed by atoms with Crippen LogP contribution in [0.25, 0.3) is 0 Å². The third-order valence-electron chi connectivity index (χ3n) is 4.14. The molecular formula is C16H17BCl2N2O9.